The first-order chi connectivity index (χ1) is 12.0. The normalized spacial score (nSPS) is 29.5. The van der Waals surface area contributed by atoms with E-state index in [4.69, 9.17) is 9.94 Å². The summed E-state index contributed by atoms with van der Waals surface area (Å²) >= 11 is 0. The number of hydrogen-bond donors (Lipinski definition) is 2. The Kier molecular flexibility index (Phi) is 3.74. The zero-order chi connectivity index (χ0) is 17.6. The Morgan fingerprint density at radius 3 is 3.12 bits per heavy atom. The van der Waals surface area contributed by atoms with Gasteiger partial charge in [0.2, 0.25) is 0 Å². The molecule has 0 radical (unpaired) electrons. The molecule has 3 unspecified atom stereocenters. The van der Waals surface area contributed by atoms with E-state index in [1.807, 2.05) is 19.1 Å². The smallest absolute Gasteiger partial charge is 0.355 e. The zero-order valence-corrected chi connectivity index (χ0v) is 13.8. The number of aromatic amines is 1. The molecule has 25 heavy (non-hydrogen) atoms. The van der Waals surface area contributed by atoms with E-state index in [2.05, 4.69) is 20.1 Å². The molecular weight excluding hydrogens is 326 g/mol. The fourth-order valence-corrected chi connectivity index (χ4v) is 3.88. The van der Waals surface area contributed by atoms with Crippen LogP contribution in [0.1, 0.15) is 37.9 Å². The molecule has 2 aliphatic heterocycles. The monoisotopic (exact) mass is 344 g/mol. The van der Waals surface area contributed by atoms with Gasteiger partial charge in [0.1, 0.15) is 11.4 Å². The van der Waals surface area contributed by atoms with E-state index in [0.717, 1.165) is 11.3 Å². The minimum absolute atomic E-state index is 0.0359. The molecule has 2 aromatic heterocycles. The van der Waals surface area contributed by atoms with E-state index in [9.17, 15) is 9.11 Å². The summed E-state index contributed by atoms with van der Waals surface area (Å²) in [5.74, 6) is -0.763. The average Bonchev–Trinajstić information content (AvgIpc) is 3.16. The van der Waals surface area contributed by atoms with Crippen molar-refractivity contribution in [3.05, 3.63) is 24.2 Å². The van der Waals surface area contributed by atoms with E-state index >= 15 is 0 Å². The van der Waals surface area contributed by atoms with Gasteiger partial charge in [0.15, 0.2) is 11.4 Å². The summed E-state index contributed by atoms with van der Waals surface area (Å²) in [5.41, 5.74) is 0.548. The van der Waals surface area contributed by atoms with Crippen LogP contribution in [0, 0.1) is 0 Å². The number of hydrogen-bond acceptors (Lipinski definition) is 5. The minimum atomic E-state index is -1.13. The quantitative estimate of drug-likeness (QED) is 0.816. The van der Waals surface area contributed by atoms with Gasteiger partial charge in [-0.05, 0) is 30.8 Å². The molecule has 0 bridgehead atoms. The molecule has 1 fully saturated rings. The predicted molar refractivity (Wildman–Crippen MR) is 90.5 cm³/mol. The van der Waals surface area contributed by atoms with Gasteiger partial charge >= 0.3 is 13.0 Å². The van der Waals surface area contributed by atoms with Crippen LogP contribution in [-0.4, -0.2) is 44.3 Å². The molecule has 0 saturated carbocycles. The molecule has 9 heteroatoms. The van der Waals surface area contributed by atoms with Crippen molar-refractivity contribution in [3.63, 3.8) is 0 Å². The largest absolute Gasteiger partial charge is 0.477 e. The second-order valence-electron chi connectivity index (χ2n) is 7.02. The zero-order valence-electron chi connectivity index (χ0n) is 13.8. The summed E-state index contributed by atoms with van der Waals surface area (Å²) in [7, 11) is 0. The van der Waals surface area contributed by atoms with E-state index < -0.39 is 18.6 Å². The third-order valence-corrected chi connectivity index (χ3v) is 5.40. The predicted octanol–water partition coefficient (Wildman–Crippen LogP) is 2.79. The van der Waals surface area contributed by atoms with Gasteiger partial charge in [0, 0.05) is 24.9 Å². The first kappa shape index (κ1) is 16.0. The molecule has 7 nitrogen and oxygen atoms in total. The molecule has 4 heterocycles. The number of carbonyl (C=O) groups is 1. The van der Waals surface area contributed by atoms with Crippen molar-refractivity contribution in [2.75, 3.05) is 0 Å². The number of rotatable bonds is 2. The molecule has 2 N–H and O–H groups in total. The number of carboxylic acids is 1. The second kappa shape index (κ2) is 5.82. The number of nitrogens with zero attached hydrogens (tertiary/aromatic N) is 3. The van der Waals surface area contributed by atoms with Crippen molar-refractivity contribution in [1.82, 2.24) is 15.0 Å². The van der Waals surface area contributed by atoms with Crippen molar-refractivity contribution in [1.29, 1.82) is 0 Å². The first-order valence-electron chi connectivity index (χ1n) is 8.40. The highest BCUT2D eigenvalue weighted by molar-refractivity contribution is 6.53. The molecule has 130 valence electrons. The van der Waals surface area contributed by atoms with Crippen LogP contribution in [0.25, 0.3) is 11.2 Å². The maximum absolute atomic E-state index is 14.9. The van der Waals surface area contributed by atoms with Crippen molar-refractivity contribution in [2.24, 2.45) is 5.16 Å². The first-order valence-corrected chi connectivity index (χ1v) is 8.40. The van der Waals surface area contributed by atoms with Crippen LogP contribution in [0.15, 0.2) is 23.5 Å². The summed E-state index contributed by atoms with van der Waals surface area (Å²) in [4.78, 5) is 28.5. The van der Waals surface area contributed by atoms with Gasteiger partial charge in [-0.2, -0.15) is 0 Å². The van der Waals surface area contributed by atoms with Crippen molar-refractivity contribution in [3.8, 4) is 0 Å². The number of aromatic nitrogens is 3. The average molecular weight is 344 g/mol. The lowest BCUT2D eigenvalue weighted by atomic mass is 9.51. The van der Waals surface area contributed by atoms with Crippen LogP contribution in [0.2, 0.25) is 12.1 Å². The molecule has 0 aliphatic carbocycles. The van der Waals surface area contributed by atoms with Crippen LogP contribution in [0.5, 0.6) is 0 Å². The van der Waals surface area contributed by atoms with E-state index in [1.54, 1.807) is 6.20 Å². The summed E-state index contributed by atoms with van der Waals surface area (Å²) < 4.78 is 14.9. The number of H-pyrrole nitrogens is 1. The lowest BCUT2D eigenvalue weighted by Gasteiger charge is -2.24. The van der Waals surface area contributed by atoms with Crippen molar-refractivity contribution < 1.29 is 19.1 Å². The number of aliphatic carboxylic acids is 1. The minimum Gasteiger partial charge on any atom is -0.477 e. The molecule has 0 amide bonds. The number of carboxylic acid groups (broad SMARTS) is 1. The molecular formula is C16H18BFN4O3. The molecule has 2 aromatic rings. The van der Waals surface area contributed by atoms with Gasteiger partial charge < -0.3 is 19.2 Å². The lowest BCUT2D eigenvalue weighted by Crippen LogP contribution is -2.33. The van der Waals surface area contributed by atoms with E-state index in [0.29, 0.717) is 18.5 Å². The Bertz CT molecular complexity index is 824. The SMILES string of the molecule is CC1B(F)CC2(CCC1c1nc3ncccc3[nH]1)CC(C(=O)O)=NO2. The van der Waals surface area contributed by atoms with Crippen LogP contribution < -0.4 is 0 Å². The Hall–Kier alpha value is -2.45. The van der Waals surface area contributed by atoms with Gasteiger partial charge in [-0.1, -0.05) is 12.1 Å². The van der Waals surface area contributed by atoms with E-state index in [1.165, 1.54) is 0 Å². The van der Waals surface area contributed by atoms with Crippen molar-refractivity contribution in [2.45, 2.75) is 49.8 Å². The highest BCUT2D eigenvalue weighted by atomic mass is 19.1. The summed E-state index contributed by atoms with van der Waals surface area (Å²) in [6.07, 6.45) is 3.14. The number of nitrogens with one attached hydrogen (secondary N) is 1. The number of oxime groups is 1. The fraction of sp³-hybridized carbons (Fsp3) is 0.500. The third-order valence-electron chi connectivity index (χ3n) is 5.40. The Morgan fingerprint density at radius 2 is 2.40 bits per heavy atom. The molecule has 3 atom stereocenters. The summed E-state index contributed by atoms with van der Waals surface area (Å²) in [6.45, 7) is 0.736. The summed E-state index contributed by atoms with van der Waals surface area (Å²) in [5, 5.41) is 12.8. The molecule has 2 aliphatic rings. The van der Waals surface area contributed by atoms with Gasteiger partial charge in [-0.25, -0.2) is 14.8 Å². The molecule has 0 aromatic carbocycles. The number of halogens is 1. The Labute approximate surface area is 143 Å². The summed E-state index contributed by atoms with van der Waals surface area (Å²) in [6, 6.07) is 3.71. The van der Waals surface area contributed by atoms with Crippen molar-refractivity contribution >= 4 is 29.8 Å². The van der Waals surface area contributed by atoms with Gasteiger partial charge in [-0.3, -0.25) is 0 Å². The van der Waals surface area contributed by atoms with Gasteiger partial charge in [-0.15, -0.1) is 0 Å². The highest BCUT2D eigenvalue weighted by Gasteiger charge is 2.50. The molecule has 4 rings (SSSR count). The standard InChI is InChI=1S/C16H18BFN4O3/c1-9-10(13-20-11-3-2-6-19-14(11)21-13)4-5-16(8-17(9)18)7-12(15(23)24)22-25-16/h2-3,6,9-10H,4-5,7-8H2,1H3,(H,23,24)(H,19,20,21). The van der Waals surface area contributed by atoms with Crippen LogP contribution in [-0.2, 0) is 9.63 Å². The number of pyridine rings is 1. The lowest BCUT2D eigenvalue weighted by molar-refractivity contribution is -0.129. The highest BCUT2D eigenvalue weighted by Crippen LogP contribution is 2.47. The van der Waals surface area contributed by atoms with Crippen LogP contribution >= 0.6 is 0 Å². The molecule has 1 spiro atoms. The molecule has 1 saturated heterocycles. The topological polar surface area (TPSA) is 100 Å². The second-order valence-corrected chi connectivity index (χ2v) is 7.02. The maximum Gasteiger partial charge on any atom is 0.355 e. The fourth-order valence-electron chi connectivity index (χ4n) is 3.88. The van der Waals surface area contributed by atoms with Gasteiger partial charge in [0.05, 0.1) is 5.52 Å². The number of fused-ring (bicyclic) bond motifs is 1. The van der Waals surface area contributed by atoms with E-state index in [-0.39, 0.29) is 30.2 Å². The van der Waals surface area contributed by atoms with Crippen LogP contribution in [0.3, 0.4) is 0 Å². The number of imidazole rings is 1. The third kappa shape index (κ3) is 2.77. The maximum atomic E-state index is 14.9. The van der Waals surface area contributed by atoms with Crippen LogP contribution in [0.4, 0.5) is 4.32 Å². The van der Waals surface area contributed by atoms with Gasteiger partial charge in [0.25, 0.3) is 0 Å². The Morgan fingerprint density at radius 1 is 1.56 bits per heavy atom. The Balaban J connectivity index is 1.60.